The molecule has 0 aliphatic carbocycles. The summed E-state index contributed by atoms with van der Waals surface area (Å²) in [7, 11) is 0. The molecule has 0 fully saturated rings. The van der Waals surface area contributed by atoms with Crippen molar-refractivity contribution in [3.05, 3.63) is 151 Å². The van der Waals surface area contributed by atoms with Crippen molar-refractivity contribution in [2.24, 2.45) is 0 Å². The summed E-state index contributed by atoms with van der Waals surface area (Å²) in [5.41, 5.74) is -1.33. The van der Waals surface area contributed by atoms with Crippen molar-refractivity contribution in [3.63, 3.8) is 0 Å². The Labute approximate surface area is 352 Å². The Hall–Kier alpha value is -5.82. The topological polar surface area (TPSA) is 141 Å². The third-order valence-corrected chi connectivity index (χ3v) is 11.2. The van der Waals surface area contributed by atoms with Crippen LogP contribution in [0.3, 0.4) is 0 Å². The number of alkyl halides is 6. The van der Waals surface area contributed by atoms with Gasteiger partial charge in [-0.25, -0.2) is 14.2 Å². The Kier molecular flexibility index (Phi) is 12.0. The Balaban J connectivity index is 0.000000185. The molecule has 2 N–H and O–H groups in total. The zero-order chi connectivity index (χ0) is 43.7. The van der Waals surface area contributed by atoms with Crippen LogP contribution in [0, 0.1) is 0 Å². The number of thiophene rings is 1. The van der Waals surface area contributed by atoms with Gasteiger partial charge in [-0.3, -0.25) is 0 Å². The molecule has 0 saturated heterocycles. The molecule has 0 saturated carbocycles. The molecule has 1 aliphatic rings. The van der Waals surface area contributed by atoms with E-state index in [1.165, 1.54) is 29.3 Å². The molecule has 7 aromatic rings. The number of halogens is 7. The maximum absolute atomic E-state index is 13.3. The van der Waals surface area contributed by atoms with Crippen LogP contribution in [0.15, 0.2) is 111 Å². The lowest BCUT2D eigenvalue weighted by atomic mass is 9.96. The van der Waals surface area contributed by atoms with Crippen molar-refractivity contribution in [1.82, 2.24) is 30.0 Å². The lowest BCUT2D eigenvalue weighted by Crippen LogP contribution is -2.42. The molecule has 0 spiro atoms. The van der Waals surface area contributed by atoms with Crippen LogP contribution in [0.1, 0.15) is 60.3 Å². The van der Waals surface area contributed by atoms with E-state index in [0.29, 0.717) is 39.5 Å². The van der Waals surface area contributed by atoms with E-state index < -0.39 is 53.4 Å². The Bertz CT molecular complexity index is 2750. The first-order valence-corrected chi connectivity index (χ1v) is 20.0. The second-order valence-corrected chi connectivity index (χ2v) is 15.3. The SMILES string of the molecule is CCC(O)(c1cn(Cc2ccc3c(-c4ccc(Cl)cc4)cc(=O)oc3c2)nn1)C(F)(F)F.CCC(O)(c1cn(Cc2ccc3c(c2)OCC=C3c2ccsc2)nn1)C(F)(F)F. The number of ether oxygens (including phenoxy) is 1. The number of benzene rings is 3. The third-order valence-electron chi connectivity index (χ3n) is 10.2. The van der Waals surface area contributed by atoms with Crippen molar-refractivity contribution in [2.45, 2.75) is 63.3 Å². The van der Waals surface area contributed by atoms with Crippen molar-refractivity contribution < 1.29 is 45.7 Å². The minimum atomic E-state index is -4.88. The first kappa shape index (κ1) is 43.3. The van der Waals surface area contributed by atoms with Crippen LogP contribution < -0.4 is 10.4 Å². The van der Waals surface area contributed by atoms with Crippen LogP contribution in [0.5, 0.6) is 5.75 Å². The van der Waals surface area contributed by atoms with Crippen LogP contribution in [-0.2, 0) is 24.3 Å². The number of aliphatic hydroxyl groups is 2. The number of hydrogen-bond donors (Lipinski definition) is 2. The van der Waals surface area contributed by atoms with E-state index in [1.54, 1.807) is 53.8 Å². The highest BCUT2D eigenvalue weighted by atomic mass is 35.5. The summed E-state index contributed by atoms with van der Waals surface area (Å²) in [4.78, 5) is 12.1. The van der Waals surface area contributed by atoms with Gasteiger partial charge < -0.3 is 19.4 Å². The zero-order valence-corrected chi connectivity index (χ0v) is 33.8. The van der Waals surface area contributed by atoms with Gasteiger partial charge in [0.1, 0.15) is 29.3 Å². The molecule has 5 heterocycles. The van der Waals surface area contributed by atoms with Gasteiger partial charge in [-0.15, -0.1) is 10.2 Å². The number of aromatic nitrogens is 6. The first-order chi connectivity index (χ1) is 28.9. The van der Waals surface area contributed by atoms with Gasteiger partial charge in [-0.05, 0) is 93.4 Å². The molecule has 61 heavy (non-hydrogen) atoms. The van der Waals surface area contributed by atoms with Crippen LogP contribution in [0.2, 0.25) is 5.02 Å². The molecule has 2 atom stereocenters. The lowest BCUT2D eigenvalue weighted by Gasteiger charge is -2.26. The Morgan fingerprint density at radius 1 is 0.754 bits per heavy atom. The molecule has 3 aromatic carbocycles. The monoisotopic (exact) mass is 884 g/mol. The van der Waals surface area contributed by atoms with Gasteiger partial charge in [0.15, 0.2) is 0 Å². The quantitative estimate of drug-likeness (QED) is 0.102. The van der Waals surface area contributed by atoms with Gasteiger partial charge in [0.2, 0.25) is 11.2 Å². The van der Waals surface area contributed by atoms with Gasteiger partial charge in [0.25, 0.3) is 0 Å². The van der Waals surface area contributed by atoms with Gasteiger partial charge in [0, 0.05) is 22.0 Å². The molecule has 19 heteroatoms. The van der Waals surface area contributed by atoms with E-state index in [9.17, 15) is 41.4 Å². The number of rotatable bonds is 10. The second-order valence-electron chi connectivity index (χ2n) is 14.1. The molecule has 0 bridgehead atoms. The van der Waals surface area contributed by atoms with E-state index >= 15 is 0 Å². The number of nitrogens with zero attached hydrogens (tertiary/aromatic N) is 6. The lowest BCUT2D eigenvalue weighted by molar-refractivity contribution is -0.269. The average molecular weight is 885 g/mol. The van der Waals surface area contributed by atoms with Crippen LogP contribution in [0.4, 0.5) is 26.3 Å². The average Bonchev–Trinajstić information content (AvgIpc) is 4.03. The van der Waals surface area contributed by atoms with Crippen molar-refractivity contribution in [2.75, 3.05) is 6.61 Å². The number of fused-ring (bicyclic) bond motifs is 2. The molecule has 4 aromatic heterocycles. The molecule has 318 valence electrons. The smallest absolute Gasteiger partial charge is 0.423 e. The minimum Gasteiger partial charge on any atom is -0.489 e. The summed E-state index contributed by atoms with van der Waals surface area (Å²) in [6.45, 7) is 3.19. The third kappa shape index (κ3) is 8.84. The maximum Gasteiger partial charge on any atom is 0.423 e. The summed E-state index contributed by atoms with van der Waals surface area (Å²) in [5, 5.41) is 39.9. The highest BCUT2D eigenvalue weighted by Gasteiger charge is 2.56. The summed E-state index contributed by atoms with van der Waals surface area (Å²) >= 11 is 7.56. The summed E-state index contributed by atoms with van der Waals surface area (Å²) in [6, 6.07) is 21.2. The second kappa shape index (κ2) is 16.9. The molecule has 2 unspecified atom stereocenters. The van der Waals surface area contributed by atoms with E-state index in [1.807, 2.05) is 35.7 Å². The van der Waals surface area contributed by atoms with Crippen LogP contribution in [0.25, 0.3) is 27.7 Å². The first-order valence-electron chi connectivity index (χ1n) is 18.6. The van der Waals surface area contributed by atoms with Gasteiger partial charge in [-0.1, -0.05) is 72.3 Å². The van der Waals surface area contributed by atoms with Crippen molar-refractivity contribution in [1.29, 1.82) is 0 Å². The fraction of sp³-hybridized carbons (Fsp3) is 0.262. The van der Waals surface area contributed by atoms with E-state index in [2.05, 4.69) is 26.0 Å². The standard InChI is InChI=1S/C22H17ClF3N3O3.C20H18F3N3O2S/c1-2-21(31,22(24,25)26)19-12-29(28-27-19)11-13-3-8-16-17(10-20(30)32-18(16)9-13)14-4-6-15(23)7-5-14;1-2-19(27,20(21,22)23)18-11-26(25-24-18)10-13-3-4-16-15(14-6-8-29-12-14)5-7-28-17(16)9-13/h3-10,12,31H,2,11H2,1H3;3-6,8-9,11-12,27H,2,7,10H2,1H3. The predicted octanol–water partition coefficient (Wildman–Crippen LogP) is 9.29. The van der Waals surface area contributed by atoms with E-state index in [0.717, 1.165) is 40.2 Å². The van der Waals surface area contributed by atoms with Crippen molar-refractivity contribution >= 4 is 39.5 Å². The molecular weight excluding hydrogens is 850 g/mol. The predicted molar refractivity (Wildman–Crippen MR) is 215 cm³/mol. The number of hydrogen-bond acceptors (Lipinski definition) is 10. The minimum absolute atomic E-state index is 0.0650. The van der Waals surface area contributed by atoms with Gasteiger partial charge >= 0.3 is 18.0 Å². The van der Waals surface area contributed by atoms with Gasteiger partial charge in [0.05, 0.1) is 25.5 Å². The largest absolute Gasteiger partial charge is 0.489 e. The fourth-order valence-corrected chi connectivity index (χ4v) is 7.54. The van der Waals surface area contributed by atoms with Crippen molar-refractivity contribution in [3.8, 4) is 16.9 Å². The highest BCUT2D eigenvalue weighted by molar-refractivity contribution is 7.08. The summed E-state index contributed by atoms with van der Waals surface area (Å²) in [5.74, 6) is 0.715. The maximum atomic E-state index is 13.3. The molecule has 1 aliphatic heterocycles. The van der Waals surface area contributed by atoms with E-state index in [-0.39, 0.29) is 13.1 Å². The van der Waals surface area contributed by atoms with Crippen LogP contribution >= 0.6 is 22.9 Å². The normalized spacial score (nSPS) is 14.9. The van der Waals surface area contributed by atoms with E-state index in [4.69, 9.17) is 20.8 Å². The molecule has 11 nitrogen and oxygen atoms in total. The molecule has 0 radical (unpaired) electrons. The molecule has 8 rings (SSSR count). The van der Waals surface area contributed by atoms with Gasteiger partial charge in [-0.2, -0.15) is 37.7 Å². The molecule has 0 amide bonds. The fourth-order valence-electron chi connectivity index (χ4n) is 6.75. The Morgan fingerprint density at radius 2 is 1.34 bits per heavy atom. The summed E-state index contributed by atoms with van der Waals surface area (Å²) in [6.07, 6.45) is -6.63. The molecular formula is C42H35ClF6N6O5S. The highest BCUT2D eigenvalue weighted by Crippen LogP contribution is 2.42. The summed E-state index contributed by atoms with van der Waals surface area (Å²) < 4.78 is 93.0. The van der Waals surface area contributed by atoms with Crippen LogP contribution in [-0.4, -0.2) is 59.2 Å². The zero-order valence-electron chi connectivity index (χ0n) is 32.2. The Morgan fingerprint density at radius 3 is 1.90 bits per heavy atom.